The minimum absolute atomic E-state index is 0.0530. The summed E-state index contributed by atoms with van der Waals surface area (Å²) in [6.07, 6.45) is -0.159. The molecule has 0 aromatic heterocycles. The molecule has 0 aromatic rings. The summed E-state index contributed by atoms with van der Waals surface area (Å²) in [4.78, 5) is 0. The summed E-state index contributed by atoms with van der Waals surface area (Å²) in [5, 5.41) is 0. The molecule has 20 heavy (non-hydrogen) atoms. The van der Waals surface area contributed by atoms with Gasteiger partial charge in [0.15, 0.2) is 0 Å². The van der Waals surface area contributed by atoms with Crippen molar-refractivity contribution < 1.29 is 36.2 Å². The molecular formula is C14H30O5Ti. The van der Waals surface area contributed by atoms with Crippen molar-refractivity contribution >= 4 is 0 Å². The second kappa shape index (κ2) is 9.05. The number of ether oxygens (including phenoxy) is 1. The molecule has 0 bridgehead atoms. The van der Waals surface area contributed by atoms with Crippen LogP contribution in [0.3, 0.4) is 0 Å². The number of rotatable bonds is 9. The molecule has 0 rings (SSSR count). The van der Waals surface area contributed by atoms with E-state index in [4.69, 9.17) is 18.0 Å². The van der Waals surface area contributed by atoms with Gasteiger partial charge in [-0.15, -0.1) is 0 Å². The van der Waals surface area contributed by atoms with Gasteiger partial charge in [0.05, 0.1) is 0 Å². The summed E-state index contributed by atoms with van der Waals surface area (Å²) in [6, 6.07) is 0. The van der Waals surface area contributed by atoms with Gasteiger partial charge < -0.3 is 0 Å². The summed E-state index contributed by atoms with van der Waals surface area (Å²) in [7, 11) is 1.56. The van der Waals surface area contributed by atoms with Crippen LogP contribution in [0.4, 0.5) is 0 Å². The van der Waals surface area contributed by atoms with Crippen LogP contribution in [-0.2, 0) is 36.2 Å². The van der Waals surface area contributed by atoms with Crippen LogP contribution in [0.15, 0.2) is 11.5 Å². The van der Waals surface area contributed by atoms with Gasteiger partial charge in [0.25, 0.3) is 0 Å². The van der Waals surface area contributed by atoms with Crippen molar-refractivity contribution in [1.82, 2.24) is 0 Å². The molecule has 0 radical (unpaired) electrons. The van der Waals surface area contributed by atoms with Crippen molar-refractivity contribution in [1.29, 1.82) is 0 Å². The van der Waals surface area contributed by atoms with E-state index in [1.807, 2.05) is 55.4 Å². The number of methoxy groups -OCH3 is 1. The zero-order chi connectivity index (χ0) is 15.9. The molecule has 5 nitrogen and oxygen atoms in total. The zero-order valence-corrected chi connectivity index (χ0v) is 15.8. The van der Waals surface area contributed by atoms with Gasteiger partial charge in [0, 0.05) is 0 Å². The van der Waals surface area contributed by atoms with Crippen molar-refractivity contribution in [2.24, 2.45) is 0 Å². The summed E-state index contributed by atoms with van der Waals surface area (Å²) in [5.74, 6) is 0.409. The molecule has 0 heterocycles. The van der Waals surface area contributed by atoms with Gasteiger partial charge in [0.2, 0.25) is 0 Å². The SMILES string of the molecule is COC([O][Ti]([O]C(C)C)([O]C(C)C)[O]C(C)C)=C(C)C. The Morgan fingerprint density at radius 1 is 0.750 bits per heavy atom. The van der Waals surface area contributed by atoms with E-state index in [-0.39, 0.29) is 18.3 Å². The third-order valence-corrected chi connectivity index (χ3v) is 6.19. The van der Waals surface area contributed by atoms with Crippen LogP contribution < -0.4 is 0 Å². The summed E-state index contributed by atoms with van der Waals surface area (Å²) >= 11 is -3.91. The van der Waals surface area contributed by atoms with Crippen LogP contribution in [0, 0.1) is 0 Å². The molecule has 0 aliphatic carbocycles. The van der Waals surface area contributed by atoms with Gasteiger partial charge in [0.1, 0.15) is 0 Å². The van der Waals surface area contributed by atoms with Gasteiger partial charge in [-0.05, 0) is 0 Å². The van der Waals surface area contributed by atoms with Gasteiger partial charge in [-0.1, -0.05) is 0 Å². The van der Waals surface area contributed by atoms with Crippen LogP contribution in [0.25, 0.3) is 0 Å². The number of hydrogen-bond donors (Lipinski definition) is 0. The van der Waals surface area contributed by atoms with E-state index >= 15 is 0 Å². The Morgan fingerprint density at radius 3 is 1.30 bits per heavy atom. The van der Waals surface area contributed by atoms with Crippen LogP contribution in [-0.4, -0.2) is 25.4 Å². The first-order valence-corrected chi connectivity index (χ1v) is 9.60. The molecule has 0 unspecified atom stereocenters. The van der Waals surface area contributed by atoms with Crippen molar-refractivity contribution in [2.45, 2.75) is 73.7 Å². The van der Waals surface area contributed by atoms with Crippen molar-refractivity contribution in [2.75, 3.05) is 7.11 Å². The Bertz CT molecular complexity index is 282. The van der Waals surface area contributed by atoms with E-state index in [1.54, 1.807) is 7.11 Å². The van der Waals surface area contributed by atoms with E-state index < -0.39 is 18.1 Å². The predicted octanol–water partition coefficient (Wildman–Crippen LogP) is 3.99. The standard InChI is InChI=1S/C5H10O2.3C3H7O.Ti/c1-4(2)5(6)7-3;3*1-3(2)4;/h6H,1-3H3;3*3H,1-2H3;/q;3*-1;+4/p-1. The molecule has 120 valence electrons. The first-order valence-electron chi connectivity index (χ1n) is 7.05. The molecule has 0 aliphatic heterocycles. The molecule has 0 saturated heterocycles. The maximum absolute atomic E-state index is 5.96. The molecule has 0 amide bonds. The fourth-order valence-corrected chi connectivity index (χ4v) is 5.48. The van der Waals surface area contributed by atoms with E-state index in [2.05, 4.69) is 0 Å². The van der Waals surface area contributed by atoms with Crippen LogP contribution in [0.1, 0.15) is 55.4 Å². The molecular weight excluding hydrogens is 296 g/mol. The maximum atomic E-state index is 5.96. The molecule has 0 spiro atoms. The molecule has 0 atom stereocenters. The fraction of sp³-hybridized carbons (Fsp3) is 0.857. The van der Waals surface area contributed by atoms with Crippen molar-refractivity contribution in [3.05, 3.63) is 11.5 Å². The van der Waals surface area contributed by atoms with Crippen molar-refractivity contribution in [3.63, 3.8) is 0 Å². The average molecular weight is 326 g/mol. The fourth-order valence-electron chi connectivity index (χ4n) is 1.48. The first kappa shape index (κ1) is 19.9. The van der Waals surface area contributed by atoms with E-state index in [0.717, 1.165) is 5.57 Å². The molecule has 0 saturated carbocycles. The zero-order valence-electron chi connectivity index (χ0n) is 14.3. The van der Waals surface area contributed by atoms with Crippen LogP contribution in [0.5, 0.6) is 0 Å². The minimum atomic E-state index is -3.91. The third-order valence-electron chi connectivity index (χ3n) is 1.95. The van der Waals surface area contributed by atoms with E-state index in [0.29, 0.717) is 5.95 Å². The van der Waals surface area contributed by atoms with Crippen LogP contribution >= 0.6 is 0 Å². The molecule has 0 aromatic carbocycles. The molecule has 0 N–H and O–H groups in total. The number of allylic oxidation sites excluding steroid dienone is 1. The molecule has 6 heteroatoms. The normalized spacial score (nSPS) is 12.2. The van der Waals surface area contributed by atoms with Gasteiger partial charge in [-0.2, -0.15) is 0 Å². The third kappa shape index (κ3) is 7.65. The van der Waals surface area contributed by atoms with E-state index in [9.17, 15) is 0 Å². The monoisotopic (exact) mass is 326 g/mol. The van der Waals surface area contributed by atoms with Gasteiger partial charge in [-0.3, -0.25) is 0 Å². The first-order chi connectivity index (χ1) is 9.11. The Morgan fingerprint density at radius 2 is 1.10 bits per heavy atom. The van der Waals surface area contributed by atoms with Gasteiger partial charge in [-0.25, -0.2) is 0 Å². The van der Waals surface area contributed by atoms with Crippen LogP contribution in [0.2, 0.25) is 0 Å². The summed E-state index contributed by atoms with van der Waals surface area (Å²) in [5.41, 5.74) is 0.912. The Kier molecular flexibility index (Phi) is 9.02. The second-order valence-electron chi connectivity index (χ2n) is 5.59. The molecule has 0 fully saturated rings. The summed E-state index contributed by atoms with van der Waals surface area (Å²) in [6.45, 7) is 15.4. The average Bonchev–Trinajstić information content (AvgIpc) is 2.22. The number of hydrogen-bond acceptors (Lipinski definition) is 5. The van der Waals surface area contributed by atoms with Gasteiger partial charge >= 0.3 is 128 Å². The Balaban J connectivity index is 5.40. The second-order valence-corrected chi connectivity index (χ2v) is 8.58. The quantitative estimate of drug-likeness (QED) is 0.473. The Labute approximate surface area is 128 Å². The molecule has 0 aliphatic rings. The Hall–Kier alpha value is -0.0657. The summed E-state index contributed by atoms with van der Waals surface area (Å²) < 4.78 is 29.1. The van der Waals surface area contributed by atoms with E-state index in [1.165, 1.54) is 0 Å². The predicted molar refractivity (Wildman–Crippen MR) is 75.1 cm³/mol. The topological polar surface area (TPSA) is 46.2 Å². The van der Waals surface area contributed by atoms with Crippen molar-refractivity contribution in [3.8, 4) is 0 Å².